The van der Waals surface area contributed by atoms with Gasteiger partial charge in [-0.2, -0.15) is 0 Å². The van der Waals surface area contributed by atoms with Crippen molar-refractivity contribution < 1.29 is 4.79 Å². The second-order valence-corrected chi connectivity index (χ2v) is 4.27. The highest BCUT2D eigenvalue weighted by Gasteiger charge is 2.38. The van der Waals surface area contributed by atoms with Crippen LogP contribution in [0.4, 0.5) is 0 Å². The first kappa shape index (κ1) is 7.33. The summed E-state index contributed by atoms with van der Waals surface area (Å²) in [6.45, 7) is 2.18. The van der Waals surface area contributed by atoms with Gasteiger partial charge in [0.2, 0.25) is 0 Å². The summed E-state index contributed by atoms with van der Waals surface area (Å²) in [5.41, 5.74) is 0. The lowest BCUT2D eigenvalue weighted by Crippen LogP contribution is -2.01. The van der Waals surface area contributed by atoms with Gasteiger partial charge in [0.15, 0.2) is 0 Å². The Morgan fingerprint density at radius 3 is 2.55 bits per heavy atom. The lowest BCUT2D eigenvalue weighted by molar-refractivity contribution is -0.120. The van der Waals surface area contributed by atoms with E-state index in [0.29, 0.717) is 17.6 Å². The van der Waals surface area contributed by atoms with E-state index in [9.17, 15) is 4.79 Å². The van der Waals surface area contributed by atoms with E-state index in [-0.39, 0.29) is 0 Å². The zero-order valence-electron chi connectivity index (χ0n) is 7.18. The molecule has 2 aliphatic rings. The molecule has 62 valence electrons. The van der Waals surface area contributed by atoms with Crippen molar-refractivity contribution in [2.24, 2.45) is 17.8 Å². The summed E-state index contributed by atoms with van der Waals surface area (Å²) in [6.07, 6.45) is 5.99. The van der Waals surface area contributed by atoms with Crippen LogP contribution in [-0.4, -0.2) is 5.78 Å². The Labute approximate surface area is 68.2 Å². The molecule has 0 aliphatic heterocycles. The molecule has 1 heteroatoms. The zero-order valence-corrected chi connectivity index (χ0v) is 7.18. The Morgan fingerprint density at radius 2 is 2.09 bits per heavy atom. The minimum Gasteiger partial charge on any atom is -0.299 e. The van der Waals surface area contributed by atoms with Gasteiger partial charge in [0.25, 0.3) is 0 Å². The fraction of sp³-hybridized carbons (Fsp3) is 0.900. The molecule has 0 amide bonds. The third-order valence-corrected chi connectivity index (χ3v) is 3.02. The minimum atomic E-state index is 0.466. The normalized spacial score (nSPS) is 35.4. The van der Waals surface area contributed by atoms with E-state index in [4.69, 9.17) is 0 Å². The average Bonchev–Trinajstić information content (AvgIpc) is 2.78. The number of Topliss-reactive ketones (excluding diaryl/α,β-unsaturated/α-hetero) is 1. The second-order valence-electron chi connectivity index (χ2n) is 4.27. The first-order valence-electron chi connectivity index (χ1n) is 4.80. The first-order chi connectivity index (χ1) is 5.27. The number of rotatable bonds is 4. The number of ketones is 1. The molecular weight excluding hydrogens is 136 g/mol. The van der Waals surface area contributed by atoms with Crippen molar-refractivity contribution >= 4 is 5.78 Å². The molecule has 0 aromatic heterocycles. The summed E-state index contributed by atoms with van der Waals surface area (Å²) >= 11 is 0. The molecule has 0 N–H and O–H groups in total. The molecule has 2 fully saturated rings. The van der Waals surface area contributed by atoms with E-state index in [1.165, 1.54) is 25.7 Å². The quantitative estimate of drug-likeness (QED) is 0.604. The maximum atomic E-state index is 11.3. The highest BCUT2D eigenvalue weighted by atomic mass is 16.1. The Morgan fingerprint density at radius 1 is 1.45 bits per heavy atom. The highest BCUT2D eigenvalue weighted by Crippen LogP contribution is 2.41. The van der Waals surface area contributed by atoms with Crippen LogP contribution in [0.5, 0.6) is 0 Å². The number of hydrogen-bond acceptors (Lipinski definition) is 1. The van der Waals surface area contributed by atoms with Gasteiger partial charge in [0, 0.05) is 12.3 Å². The van der Waals surface area contributed by atoms with Crippen molar-refractivity contribution in [2.45, 2.75) is 39.0 Å². The Hall–Kier alpha value is -0.330. The SMILES string of the molecule is CC1CC1C(=O)CCC1CC1. The van der Waals surface area contributed by atoms with Gasteiger partial charge in [-0.05, 0) is 24.7 Å². The molecule has 11 heavy (non-hydrogen) atoms. The van der Waals surface area contributed by atoms with Gasteiger partial charge in [0.05, 0.1) is 0 Å². The Balaban J connectivity index is 1.65. The van der Waals surface area contributed by atoms with Crippen LogP contribution in [0.2, 0.25) is 0 Å². The van der Waals surface area contributed by atoms with E-state index >= 15 is 0 Å². The van der Waals surface area contributed by atoms with Crippen LogP contribution < -0.4 is 0 Å². The molecule has 2 rings (SSSR count). The summed E-state index contributed by atoms with van der Waals surface area (Å²) in [7, 11) is 0. The molecule has 0 radical (unpaired) electrons. The standard InChI is InChI=1S/C10H16O/c1-7-6-9(7)10(11)5-4-8-2-3-8/h7-9H,2-6H2,1H3. The van der Waals surface area contributed by atoms with Crippen molar-refractivity contribution in [1.29, 1.82) is 0 Å². The molecule has 0 aromatic carbocycles. The molecule has 0 bridgehead atoms. The van der Waals surface area contributed by atoms with Crippen LogP contribution in [-0.2, 0) is 4.79 Å². The minimum absolute atomic E-state index is 0.466. The van der Waals surface area contributed by atoms with Gasteiger partial charge in [-0.3, -0.25) is 4.79 Å². The van der Waals surface area contributed by atoms with Crippen molar-refractivity contribution in [2.75, 3.05) is 0 Å². The first-order valence-corrected chi connectivity index (χ1v) is 4.80. The maximum absolute atomic E-state index is 11.3. The molecule has 2 atom stereocenters. The van der Waals surface area contributed by atoms with Crippen molar-refractivity contribution in [1.82, 2.24) is 0 Å². The molecule has 1 nitrogen and oxygen atoms in total. The van der Waals surface area contributed by atoms with Gasteiger partial charge in [-0.15, -0.1) is 0 Å². The maximum Gasteiger partial charge on any atom is 0.136 e. The predicted octanol–water partition coefficient (Wildman–Crippen LogP) is 2.40. The topological polar surface area (TPSA) is 17.1 Å². The van der Waals surface area contributed by atoms with E-state index in [1.807, 2.05) is 0 Å². The average molecular weight is 152 g/mol. The van der Waals surface area contributed by atoms with E-state index < -0.39 is 0 Å². The smallest absolute Gasteiger partial charge is 0.136 e. The van der Waals surface area contributed by atoms with Crippen molar-refractivity contribution in [3.8, 4) is 0 Å². The largest absolute Gasteiger partial charge is 0.299 e. The summed E-state index contributed by atoms with van der Waals surface area (Å²) in [5.74, 6) is 2.65. The van der Waals surface area contributed by atoms with E-state index in [0.717, 1.165) is 12.3 Å². The van der Waals surface area contributed by atoms with Crippen LogP contribution >= 0.6 is 0 Å². The molecule has 2 saturated carbocycles. The molecule has 0 spiro atoms. The summed E-state index contributed by atoms with van der Waals surface area (Å²) in [6, 6.07) is 0. The third kappa shape index (κ3) is 1.82. The number of carbonyl (C=O) groups is 1. The monoisotopic (exact) mass is 152 g/mol. The fourth-order valence-corrected chi connectivity index (χ4v) is 1.71. The van der Waals surface area contributed by atoms with Gasteiger partial charge in [-0.1, -0.05) is 19.8 Å². The molecule has 0 heterocycles. The van der Waals surface area contributed by atoms with E-state index in [2.05, 4.69) is 6.92 Å². The molecule has 0 saturated heterocycles. The molecule has 2 unspecified atom stereocenters. The Bertz CT molecular complexity index is 170. The zero-order chi connectivity index (χ0) is 7.84. The Kier molecular flexibility index (Phi) is 1.74. The predicted molar refractivity (Wildman–Crippen MR) is 44.2 cm³/mol. The van der Waals surface area contributed by atoms with Gasteiger partial charge in [-0.25, -0.2) is 0 Å². The molecule has 0 aromatic rings. The number of hydrogen-bond donors (Lipinski definition) is 0. The van der Waals surface area contributed by atoms with Crippen LogP contribution in [0.3, 0.4) is 0 Å². The van der Waals surface area contributed by atoms with Gasteiger partial charge < -0.3 is 0 Å². The lowest BCUT2D eigenvalue weighted by Gasteiger charge is -1.95. The summed E-state index contributed by atoms with van der Waals surface area (Å²) in [4.78, 5) is 11.3. The van der Waals surface area contributed by atoms with Crippen LogP contribution in [0.1, 0.15) is 39.0 Å². The van der Waals surface area contributed by atoms with Crippen LogP contribution in [0.15, 0.2) is 0 Å². The highest BCUT2D eigenvalue weighted by molar-refractivity contribution is 5.83. The van der Waals surface area contributed by atoms with Crippen LogP contribution in [0.25, 0.3) is 0 Å². The van der Waals surface area contributed by atoms with E-state index in [1.54, 1.807) is 0 Å². The van der Waals surface area contributed by atoms with Crippen molar-refractivity contribution in [3.63, 3.8) is 0 Å². The lowest BCUT2D eigenvalue weighted by atomic mass is 10.1. The molecular formula is C10H16O. The summed E-state index contributed by atoms with van der Waals surface area (Å²) in [5, 5.41) is 0. The van der Waals surface area contributed by atoms with Gasteiger partial charge in [0.1, 0.15) is 5.78 Å². The number of carbonyl (C=O) groups excluding carboxylic acids is 1. The fourth-order valence-electron chi connectivity index (χ4n) is 1.71. The van der Waals surface area contributed by atoms with Gasteiger partial charge >= 0.3 is 0 Å². The van der Waals surface area contributed by atoms with Crippen molar-refractivity contribution in [3.05, 3.63) is 0 Å². The molecule has 2 aliphatic carbocycles. The van der Waals surface area contributed by atoms with Crippen LogP contribution in [0, 0.1) is 17.8 Å². The third-order valence-electron chi connectivity index (χ3n) is 3.02. The second kappa shape index (κ2) is 2.62. The summed E-state index contributed by atoms with van der Waals surface area (Å²) < 4.78 is 0.